The maximum atomic E-state index is 7.35. The van der Waals surface area contributed by atoms with Crippen molar-refractivity contribution in [2.75, 3.05) is 12.8 Å². The summed E-state index contributed by atoms with van der Waals surface area (Å²) in [6.07, 6.45) is -0.490. The highest BCUT2D eigenvalue weighted by Gasteiger charge is 1.93. The largest absolute Gasteiger partial charge is 0.493 e. The summed E-state index contributed by atoms with van der Waals surface area (Å²) in [4.78, 5) is 3.38. The lowest BCUT2D eigenvalue weighted by atomic mass is 10.4. The van der Waals surface area contributed by atoms with Crippen LogP contribution in [0.5, 0.6) is 5.75 Å². The Bertz CT molecular complexity index is 390. The normalized spacial score (nSPS) is 20.0. The molecule has 0 aromatic carbocycles. The van der Waals surface area contributed by atoms with E-state index < -0.39 is 31.0 Å². The molecule has 48 valence electrons. The number of nitrogen functional groups attached to an aromatic ring is 1. The van der Waals surface area contributed by atoms with Gasteiger partial charge in [-0.15, -0.1) is 0 Å². The van der Waals surface area contributed by atoms with Gasteiger partial charge in [0.1, 0.15) is 0 Å². The first-order valence-electron chi connectivity index (χ1n) is 5.14. The molecule has 0 saturated heterocycles. The van der Waals surface area contributed by atoms with Crippen LogP contribution in [0.2, 0.25) is 0 Å². The van der Waals surface area contributed by atoms with E-state index in [0.717, 1.165) is 0 Å². The van der Waals surface area contributed by atoms with Gasteiger partial charge in [0.05, 0.1) is 15.3 Å². The summed E-state index contributed by atoms with van der Waals surface area (Å²) < 4.78 is 46.6. The Kier molecular flexibility index (Phi) is 0.487. The minimum Gasteiger partial charge on any atom is -0.493 e. The number of nitrogens with two attached hydrogens (primary N) is 1. The lowest BCUT2D eigenvalue weighted by Gasteiger charge is -1.99. The highest BCUT2D eigenvalue weighted by atomic mass is 16.5. The number of methoxy groups -OCH3 is 1. The Morgan fingerprint density at radius 1 is 2.00 bits per heavy atom. The van der Waals surface area contributed by atoms with Crippen molar-refractivity contribution in [3.05, 3.63) is 18.3 Å². The fourth-order valence-corrected chi connectivity index (χ4v) is 0.366. The molecule has 1 aromatic rings. The molecule has 0 radical (unpaired) electrons. The van der Waals surface area contributed by atoms with Crippen LogP contribution in [0, 0.1) is 0 Å². The van der Waals surface area contributed by atoms with Gasteiger partial charge in [-0.1, -0.05) is 0 Å². The second-order valence-corrected chi connectivity index (χ2v) is 1.29. The molecule has 2 N–H and O–H groups in total. The zero-order chi connectivity index (χ0) is 11.8. The summed E-state index contributed by atoms with van der Waals surface area (Å²) in [7, 11) is -2.76. The summed E-state index contributed by atoms with van der Waals surface area (Å²) in [6, 6.07) is -1.08. The van der Waals surface area contributed by atoms with Gasteiger partial charge in [-0.2, -0.15) is 0 Å². The molecule has 1 heterocycles. The van der Waals surface area contributed by atoms with Crippen LogP contribution in [0.1, 0.15) is 8.22 Å². The lowest BCUT2D eigenvalue weighted by Crippen LogP contribution is -1.93. The smallest absolute Gasteiger partial charge is 0.166 e. The van der Waals surface area contributed by atoms with Gasteiger partial charge in [-0.05, 0) is 12.1 Å². The summed E-state index contributed by atoms with van der Waals surface area (Å²) in [5.41, 5.74) is 5.29. The standard InChI is InChI=1S/C6H8N2O/c1-9-5-3-2-4-8-6(5)7/h2-4H,1H3,(H2,7,8)/i1D3,2D,3D,4D. The number of aromatic nitrogens is 1. The van der Waals surface area contributed by atoms with Crippen molar-refractivity contribution < 1.29 is 13.0 Å². The van der Waals surface area contributed by atoms with E-state index in [-0.39, 0.29) is 5.82 Å². The average Bonchev–Trinajstić information content (AvgIpc) is 2.07. The van der Waals surface area contributed by atoms with Crippen molar-refractivity contribution in [3.63, 3.8) is 0 Å². The zero-order valence-corrected chi connectivity index (χ0v) is 4.43. The van der Waals surface area contributed by atoms with E-state index in [1.54, 1.807) is 0 Å². The van der Waals surface area contributed by atoms with Crippen molar-refractivity contribution in [2.45, 2.75) is 0 Å². The van der Waals surface area contributed by atoms with E-state index in [1.165, 1.54) is 0 Å². The highest BCUT2D eigenvalue weighted by Crippen LogP contribution is 2.14. The number of pyridine rings is 1. The molecule has 0 atom stereocenters. The Labute approximate surface area is 61.9 Å². The Morgan fingerprint density at radius 3 is 3.67 bits per heavy atom. The molecule has 1 rings (SSSR count). The molecule has 0 saturated carbocycles. The number of anilines is 1. The van der Waals surface area contributed by atoms with Crippen LogP contribution >= 0.6 is 0 Å². The molecular weight excluding hydrogens is 116 g/mol. The molecule has 3 nitrogen and oxygen atoms in total. The molecule has 0 aliphatic carbocycles. The van der Waals surface area contributed by atoms with Gasteiger partial charge in [0.25, 0.3) is 0 Å². The van der Waals surface area contributed by atoms with Gasteiger partial charge < -0.3 is 10.5 Å². The van der Waals surface area contributed by atoms with Crippen molar-refractivity contribution in [1.29, 1.82) is 0 Å². The van der Waals surface area contributed by atoms with Crippen molar-refractivity contribution in [1.82, 2.24) is 4.98 Å². The molecule has 1 aromatic heterocycles. The molecule has 0 unspecified atom stereocenters. The maximum absolute atomic E-state index is 7.35. The monoisotopic (exact) mass is 130 g/mol. The van der Waals surface area contributed by atoms with Crippen LogP contribution < -0.4 is 10.5 Å². The molecule has 9 heavy (non-hydrogen) atoms. The van der Waals surface area contributed by atoms with Crippen LogP contribution in [-0.2, 0) is 0 Å². The second kappa shape index (κ2) is 2.35. The predicted molar refractivity (Wildman–Crippen MR) is 35.2 cm³/mol. The molecule has 0 aliphatic heterocycles. The van der Waals surface area contributed by atoms with Gasteiger partial charge in [-0.3, -0.25) is 0 Å². The Morgan fingerprint density at radius 2 is 2.89 bits per heavy atom. The average molecular weight is 130 g/mol. The van der Waals surface area contributed by atoms with E-state index in [2.05, 4.69) is 9.72 Å². The number of ether oxygens (including phenoxy) is 1. The van der Waals surface area contributed by atoms with Crippen molar-refractivity contribution in [3.8, 4) is 5.75 Å². The fraction of sp³-hybridized carbons (Fsp3) is 0.167. The molecule has 0 amide bonds. The predicted octanol–water partition coefficient (Wildman–Crippen LogP) is 0.672. The van der Waals surface area contributed by atoms with Gasteiger partial charge in [0.2, 0.25) is 0 Å². The van der Waals surface area contributed by atoms with Crippen molar-refractivity contribution in [2.24, 2.45) is 0 Å². The van der Waals surface area contributed by atoms with E-state index in [1.807, 2.05) is 0 Å². The molecule has 3 heteroatoms. The highest BCUT2D eigenvalue weighted by molar-refractivity contribution is 5.44. The first kappa shape index (κ1) is 1.87. The van der Waals surface area contributed by atoms with Crippen LogP contribution in [0.4, 0.5) is 5.82 Å². The Hall–Kier alpha value is -1.25. The topological polar surface area (TPSA) is 48.1 Å². The van der Waals surface area contributed by atoms with Crippen LogP contribution in [0.15, 0.2) is 18.3 Å². The van der Waals surface area contributed by atoms with E-state index in [4.69, 9.17) is 14.0 Å². The minimum atomic E-state index is -2.76. The zero-order valence-electron chi connectivity index (χ0n) is 10.4. The summed E-state index contributed by atoms with van der Waals surface area (Å²) in [5, 5.41) is 0. The van der Waals surface area contributed by atoms with Crippen LogP contribution in [-0.4, -0.2) is 12.0 Å². The van der Waals surface area contributed by atoms with Gasteiger partial charge in [-0.25, -0.2) is 4.98 Å². The first-order valence-corrected chi connectivity index (χ1v) is 2.14. The molecule has 0 spiro atoms. The molecule has 0 fully saturated rings. The van der Waals surface area contributed by atoms with E-state index >= 15 is 0 Å². The molecular formula is C6H8N2O. The summed E-state index contributed by atoms with van der Waals surface area (Å²) >= 11 is 0. The lowest BCUT2D eigenvalue weighted by molar-refractivity contribution is 0.415. The maximum Gasteiger partial charge on any atom is 0.166 e. The SMILES string of the molecule is [2H]c1nc(N)c(OC([2H])([2H])[2H])c([2H])c1[2H]. The number of hydrogen-bond donors (Lipinski definition) is 1. The number of rotatable bonds is 1. The second-order valence-electron chi connectivity index (χ2n) is 1.29. The quantitative estimate of drug-likeness (QED) is 0.608. The number of nitrogens with zero attached hydrogens (tertiary/aromatic N) is 1. The number of hydrogen-bond acceptors (Lipinski definition) is 3. The van der Waals surface area contributed by atoms with Crippen LogP contribution in [0.3, 0.4) is 0 Å². The molecule has 0 aliphatic rings. The first-order chi connectivity index (χ1) is 6.72. The third-order valence-electron chi connectivity index (χ3n) is 0.743. The molecule has 0 bridgehead atoms. The third-order valence-corrected chi connectivity index (χ3v) is 0.743. The summed E-state index contributed by atoms with van der Waals surface area (Å²) in [6.45, 7) is 0. The summed E-state index contributed by atoms with van der Waals surface area (Å²) in [5.74, 6) is -0.867. The van der Waals surface area contributed by atoms with Crippen LogP contribution in [0.25, 0.3) is 0 Å². The third kappa shape index (κ3) is 1.10. The fourth-order valence-electron chi connectivity index (χ4n) is 0.366. The van der Waals surface area contributed by atoms with Gasteiger partial charge >= 0.3 is 0 Å². The Balaban J connectivity index is 3.24. The van der Waals surface area contributed by atoms with Crippen molar-refractivity contribution >= 4 is 5.82 Å². The van der Waals surface area contributed by atoms with Gasteiger partial charge in [0.15, 0.2) is 11.6 Å². The van der Waals surface area contributed by atoms with Gasteiger partial charge in [0, 0.05) is 6.17 Å². The van der Waals surface area contributed by atoms with E-state index in [9.17, 15) is 0 Å². The van der Waals surface area contributed by atoms with E-state index in [0.29, 0.717) is 0 Å². The minimum absolute atomic E-state index is 0.378.